The van der Waals surface area contributed by atoms with Crippen LogP contribution < -0.4 is 10.6 Å². The van der Waals surface area contributed by atoms with Gasteiger partial charge >= 0.3 is 5.97 Å². The molecule has 6 heteroatoms. The molecule has 2 rings (SSSR count). The summed E-state index contributed by atoms with van der Waals surface area (Å²) in [5.41, 5.74) is 0.227. The Labute approximate surface area is 123 Å². The van der Waals surface area contributed by atoms with E-state index in [4.69, 9.17) is 5.11 Å². The maximum atomic E-state index is 11.9. The molecule has 1 saturated heterocycles. The first-order valence-corrected chi connectivity index (χ1v) is 7.13. The molecule has 21 heavy (non-hydrogen) atoms. The molecule has 1 heterocycles. The number of rotatable bonds is 5. The number of carboxylic acids is 1. The summed E-state index contributed by atoms with van der Waals surface area (Å²) in [4.78, 5) is 22.6. The van der Waals surface area contributed by atoms with Gasteiger partial charge in [0.05, 0.1) is 0 Å². The molecule has 4 N–H and O–H groups in total. The second-order valence-corrected chi connectivity index (χ2v) is 5.34. The lowest BCUT2D eigenvalue weighted by molar-refractivity contribution is -0.116. The highest BCUT2D eigenvalue weighted by molar-refractivity contribution is 5.94. The lowest BCUT2D eigenvalue weighted by Crippen LogP contribution is -2.30. The molecule has 0 aliphatic carbocycles. The topological polar surface area (TPSA) is 98.7 Å². The van der Waals surface area contributed by atoms with Crippen LogP contribution in [0.2, 0.25) is 0 Å². The zero-order chi connectivity index (χ0) is 15.2. The number of hydrogen-bond acceptors (Lipinski definition) is 4. The predicted molar refractivity (Wildman–Crippen MR) is 78.5 cm³/mol. The number of phenols is 1. The zero-order valence-corrected chi connectivity index (χ0v) is 11.8. The maximum absolute atomic E-state index is 11.9. The molecule has 0 bridgehead atoms. The molecule has 1 amide bonds. The van der Waals surface area contributed by atoms with E-state index in [9.17, 15) is 14.7 Å². The Morgan fingerprint density at radius 2 is 2.19 bits per heavy atom. The number of carboxylic acid groups (broad SMARTS) is 1. The molecule has 114 valence electrons. The van der Waals surface area contributed by atoms with Crippen LogP contribution in [0.3, 0.4) is 0 Å². The Kier molecular flexibility index (Phi) is 5.16. The number of carbonyl (C=O) groups is 2. The summed E-state index contributed by atoms with van der Waals surface area (Å²) >= 11 is 0. The van der Waals surface area contributed by atoms with Crippen molar-refractivity contribution in [1.29, 1.82) is 0 Å². The molecule has 1 aromatic rings. The van der Waals surface area contributed by atoms with Crippen LogP contribution in [0.15, 0.2) is 18.2 Å². The maximum Gasteiger partial charge on any atom is 0.339 e. The monoisotopic (exact) mass is 292 g/mol. The smallest absolute Gasteiger partial charge is 0.339 e. The van der Waals surface area contributed by atoms with Crippen LogP contribution in [-0.4, -0.2) is 35.2 Å². The number of aromatic carboxylic acids is 1. The third-order valence-electron chi connectivity index (χ3n) is 3.69. The van der Waals surface area contributed by atoms with E-state index in [1.54, 1.807) is 0 Å². The van der Waals surface area contributed by atoms with Crippen LogP contribution in [0.5, 0.6) is 5.75 Å². The first kappa shape index (κ1) is 15.3. The highest BCUT2D eigenvalue weighted by Crippen LogP contribution is 2.22. The lowest BCUT2D eigenvalue weighted by atomic mass is 9.94. The molecule has 1 aliphatic heterocycles. The fraction of sp³-hybridized carbons (Fsp3) is 0.467. The largest absolute Gasteiger partial charge is 0.507 e. The van der Waals surface area contributed by atoms with E-state index in [1.807, 2.05) is 0 Å². The summed E-state index contributed by atoms with van der Waals surface area (Å²) < 4.78 is 0. The highest BCUT2D eigenvalue weighted by Gasteiger charge is 2.15. The average molecular weight is 292 g/mol. The van der Waals surface area contributed by atoms with Gasteiger partial charge in [-0.05, 0) is 50.4 Å². The molecule has 0 radical (unpaired) electrons. The molecule has 1 atom stereocenters. The number of benzene rings is 1. The van der Waals surface area contributed by atoms with Gasteiger partial charge < -0.3 is 20.8 Å². The van der Waals surface area contributed by atoms with Gasteiger partial charge in [0.2, 0.25) is 5.91 Å². The summed E-state index contributed by atoms with van der Waals surface area (Å²) in [7, 11) is 0. The Morgan fingerprint density at radius 1 is 1.38 bits per heavy atom. The fourth-order valence-corrected chi connectivity index (χ4v) is 2.52. The summed E-state index contributed by atoms with van der Waals surface area (Å²) in [6, 6.07) is 4.01. The van der Waals surface area contributed by atoms with Crippen LogP contribution in [0.1, 0.15) is 36.0 Å². The van der Waals surface area contributed by atoms with Crippen molar-refractivity contribution in [3.63, 3.8) is 0 Å². The minimum absolute atomic E-state index is 0.122. The summed E-state index contributed by atoms with van der Waals surface area (Å²) in [5, 5.41) is 24.4. The summed E-state index contributed by atoms with van der Waals surface area (Å²) in [6.07, 6.45) is 3.55. The highest BCUT2D eigenvalue weighted by atomic mass is 16.4. The number of nitrogens with one attached hydrogen (secondary N) is 2. The van der Waals surface area contributed by atoms with Crippen molar-refractivity contribution >= 4 is 17.6 Å². The number of piperidine rings is 1. The molecule has 0 spiro atoms. The van der Waals surface area contributed by atoms with E-state index in [1.165, 1.54) is 18.2 Å². The number of aromatic hydroxyl groups is 1. The fourth-order valence-electron chi connectivity index (χ4n) is 2.52. The van der Waals surface area contributed by atoms with Crippen molar-refractivity contribution in [3.05, 3.63) is 23.8 Å². The third kappa shape index (κ3) is 4.46. The molecular formula is C15H20N2O4. The van der Waals surface area contributed by atoms with Gasteiger partial charge in [0.1, 0.15) is 11.3 Å². The minimum atomic E-state index is -1.20. The van der Waals surface area contributed by atoms with Gasteiger partial charge in [0, 0.05) is 18.2 Å². The van der Waals surface area contributed by atoms with Crippen molar-refractivity contribution in [3.8, 4) is 5.75 Å². The molecule has 1 unspecified atom stereocenters. The number of carbonyl (C=O) groups excluding carboxylic acids is 1. The number of amides is 1. The summed E-state index contributed by atoms with van der Waals surface area (Å²) in [6.45, 7) is 2.01. The van der Waals surface area contributed by atoms with E-state index >= 15 is 0 Å². The Bertz CT molecular complexity index is 524. The van der Waals surface area contributed by atoms with E-state index in [-0.39, 0.29) is 17.2 Å². The first-order valence-electron chi connectivity index (χ1n) is 7.13. The van der Waals surface area contributed by atoms with Gasteiger partial charge in [-0.15, -0.1) is 0 Å². The van der Waals surface area contributed by atoms with Gasteiger partial charge in [-0.2, -0.15) is 0 Å². The van der Waals surface area contributed by atoms with Gasteiger partial charge in [-0.3, -0.25) is 4.79 Å². The molecular weight excluding hydrogens is 272 g/mol. The van der Waals surface area contributed by atoms with Crippen LogP contribution in [0.25, 0.3) is 0 Å². The van der Waals surface area contributed by atoms with Crippen molar-refractivity contribution in [2.24, 2.45) is 5.92 Å². The number of anilines is 1. The van der Waals surface area contributed by atoms with E-state index in [2.05, 4.69) is 10.6 Å². The van der Waals surface area contributed by atoms with Crippen molar-refractivity contribution < 1.29 is 19.8 Å². The number of hydrogen-bond donors (Lipinski definition) is 4. The van der Waals surface area contributed by atoms with Gasteiger partial charge in [0.15, 0.2) is 0 Å². The van der Waals surface area contributed by atoms with Crippen molar-refractivity contribution in [1.82, 2.24) is 5.32 Å². The lowest BCUT2D eigenvalue weighted by Gasteiger charge is -2.22. The molecule has 6 nitrogen and oxygen atoms in total. The average Bonchev–Trinajstić information content (AvgIpc) is 2.46. The van der Waals surface area contributed by atoms with Crippen LogP contribution in [-0.2, 0) is 4.79 Å². The van der Waals surface area contributed by atoms with Crippen molar-refractivity contribution in [2.45, 2.75) is 25.7 Å². The van der Waals surface area contributed by atoms with E-state index < -0.39 is 5.97 Å². The Hall–Kier alpha value is -2.08. The standard InChI is InChI=1S/C15H20N2O4/c18-13-8-11(4-5-12(13)15(20)21)17-14(19)6-3-10-2-1-7-16-9-10/h4-5,8,10,16,18H,1-3,6-7,9H2,(H,17,19)(H,20,21). The van der Waals surface area contributed by atoms with Gasteiger partial charge in [-0.25, -0.2) is 4.79 Å². The Morgan fingerprint density at radius 3 is 2.81 bits per heavy atom. The molecule has 1 fully saturated rings. The molecule has 1 aromatic carbocycles. The molecule has 1 aliphatic rings. The zero-order valence-electron chi connectivity index (χ0n) is 11.8. The van der Waals surface area contributed by atoms with E-state index in [0.29, 0.717) is 18.0 Å². The predicted octanol–water partition coefficient (Wildman–Crippen LogP) is 1.81. The quantitative estimate of drug-likeness (QED) is 0.663. The van der Waals surface area contributed by atoms with Gasteiger partial charge in [0.25, 0.3) is 0 Å². The molecule has 0 aromatic heterocycles. The van der Waals surface area contributed by atoms with Gasteiger partial charge in [-0.1, -0.05) is 0 Å². The van der Waals surface area contributed by atoms with Crippen LogP contribution >= 0.6 is 0 Å². The van der Waals surface area contributed by atoms with Crippen molar-refractivity contribution in [2.75, 3.05) is 18.4 Å². The normalized spacial score (nSPS) is 18.2. The van der Waals surface area contributed by atoms with E-state index in [0.717, 1.165) is 32.4 Å². The SMILES string of the molecule is O=C(CCC1CCCNC1)Nc1ccc(C(=O)O)c(O)c1. The first-order chi connectivity index (χ1) is 10.1. The third-order valence-corrected chi connectivity index (χ3v) is 3.69. The molecule has 0 saturated carbocycles. The second-order valence-electron chi connectivity index (χ2n) is 5.34. The van der Waals surface area contributed by atoms with Crippen LogP contribution in [0.4, 0.5) is 5.69 Å². The summed E-state index contributed by atoms with van der Waals surface area (Å²) in [5.74, 6) is -1.14. The Balaban J connectivity index is 1.84. The van der Waals surface area contributed by atoms with Crippen LogP contribution in [0, 0.1) is 5.92 Å². The minimum Gasteiger partial charge on any atom is -0.507 e. The second kappa shape index (κ2) is 7.08.